The molecule has 0 aliphatic carbocycles. The molecule has 2 rings (SSSR count). The highest BCUT2D eigenvalue weighted by atomic mass is 16.3. The lowest BCUT2D eigenvalue weighted by Crippen LogP contribution is -2.27. The first kappa shape index (κ1) is 21.2. The van der Waals surface area contributed by atoms with Crippen molar-refractivity contribution in [2.45, 2.75) is 39.7 Å². The maximum absolute atomic E-state index is 11.2. The maximum Gasteiger partial charge on any atom is 0.248 e. The van der Waals surface area contributed by atoms with Gasteiger partial charge in [0, 0.05) is 13.1 Å². The van der Waals surface area contributed by atoms with E-state index in [1.165, 1.54) is 31.5 Å². The molecule has 0 saturated carbocycles. The van der Waals surface area contributed by atoms with Gasteiger partial charge in [-0.25, -0.2) is 0 Å². The van der Waals surface area contributed by atoms with Gasteiger partial charge in [-0.15, -0.1) is 0 Å². The van der Waals surface area contributed by atoms with E-state index in [4.69, 9.17) is 5.11 Å². The largest absolute Gasteiger partial charge is 0.506 e. The fourth-order valence-corrected chi connectivity index (χ4v) is 2.43. The molecule has 0 aromatic heterocycles. The summed E-state index contributed by atoms with van der Waals surface area (Å²) < 4.78 is 0. The number of aromatic hydroxyl groups is 1. The number of benzene rings is 1. The van der Waals surface area contributed by atoms with Crippen molar-refractivity contribution in [2.24, 2.45) is 0 Å². The Morgan fingerprint density at radius 1 is 1.16 bits per heavy atom. The molecule has 25 heavy (non-hydrogen) atoms. The molecule has 0 atom stereocenters. The molecule has 1 aliphatic rings. The van der Waals surface area contributed by atoms with Crippen LogP contribution in [0.4, 0.5) is 5.69 Å². The fourth-order valence-electron chi connectivity index (χ4n) is 2.43. The Kier molecular flexibility index (Phi) is 10.6. The zero-order valence-corrected chi connectivity index (χ0v) is 15.3. The number of allylic oxidation sites excluding steroid dienone is 1. The number of unbranched alkanes of at least 4 members (excludes halogenated alkanes) is 1. The van der Waals surface area contributed by atoms with Gasteiger partial charge in [0.25, 0.3) is 0 Å². The number of nitrogens with one attached hydrogen (secondary N) is 3. The summed E-state index contributed by atoms with van der Waals surface area (Å²) in [5.74, 6) is -0.238. The second kappa shape index (κ2) is 12.5. The maximum atomic E-state index is 11.2. The molecule has 1 amide bonds. The lowest BCUT2D eigenvalue weighted by molar-refractivity contribution is -0.111. The summed E-state index contributed by atoms with van der Waals surface area (Å²) in [6.07, 6.45) is 6.24. The fraction of sp³-hybridized carbons (Fsp3) is 0.526. The van der Waals surface area contributed by atoms with Gasteiger partial charge in [-0.05, 0) is 49.2 Å². The van der Waals surface area contributed by atoms with Crippen LogP contribution in [0.1, 0.15) is 37.8 Å². The Labute approximate surface area is 150 Å². The number of amides is 1. The normalized spacial score (nSPS) is 12.7. The monoisotopic (exact) mass is 349 g/mol. The van der Waals surface area contributed by atoms with Crippen LogP contribution >= 0.6 is 0 Å². The highest BCUT2D eigenvalue weighted by Gasteiger charge is 2.15. The average molecular weight is 349 g/mol. The lowest BCUT2D eigenvalue weighted by atomic mass is 10.0. The second-order valence-electron chi connectivity index (χ2n) is 5.81. The first-order valence-corrected chi connectivity index (χ1v) is 8.97. The Balaban J connectivity index is 0.000000275. The van der Waals surface area contributed by atoms with Gasteiger partial charge in [0.1, 0.15) is 5.75 Å². The number of aliphatic hydroxyl groups is 1. The van der Waals surface area contributed by atoms with Crippen molar-refractivity contribution in [3.05, 3.63) is 35.4 Å². The van der Waals surface area contributed by atoms with Gasteiger partial charge in [-0.1, -0.05) is 32.4 Å². The number of rotatable bonds is 8. The van der Waals surface area contributed by atoms with Crippen molar-refractivity contribution in [3.63, 3.8) is 0 Å². The number of anilines is 1. The molecular weight excluding hydrogens is 318 g/mol. The number of phenols is 1. The Morgan fingerprint density at radius 2 is 1.92 bits per heavy atom. The summed E-state index contributed by atoms with van der Waals surface area (Å²) in [5.41, 5.74) is 1.88. The molecule has 0 radical (unpaired) electrons. The number of aliphatic hydroxyl groups excluding tert-OH is 1. The Morgan fingerprint density at radius 3 is 2.60 bits per heavy atom. The van der Waals surface area contributed by atoms with E-state index in [0.717, 1.165) is 30.8 Å². The van der Waals surface area contributed by atoms with Crippen molar-refractivity contribution in [1.82, 2.24) is 10.6 Å². The summed E-state index contributed by atoms with van der Waals surface area (Å²) in [6, 6.07) is 3.12. The Hall–Kier alpha value is -1.89. The molecule has 1 aromatic rings. The highest BCUT2D eigenvalue weighted by Crippen LogP contribution is 2.32. The third-order valence-corrected chi connectivity index (χ3v) is 3.83. The van der Waals surface area contributed by atoms with Gasteiger partial charge in [0.15, 0.2) is 0 Å². The van der Waals surface area contributed by atoms with Crippen LogP contribution in [0, 0.1) is 0 Å². The van der Waals surface area contributed by atoms with Gasteiger partial charge < -0.3 is 26.2 Å². The van der Waals surface area contributed by atoms with Crippen LogP contribution in [0.2, 0.25) is 0 Å². The molecule has 0 fully saturated rings. The van der Waals surface area contributed by atoms with Crippen LogP contribution in [-0.2, 0) is 17.8 Å². The predicted octanol–water partition coefficient (Wildman–Crippen LogP) is 1.92. The van der Waals surface area contributed by atoms with Crippen LogP contribution in [-0.4, -0.2) is 42.3 Å². The summed E-state index contributed by atoms with van der Waals surface area (Å²) >= 11 is 0. The summed E-state index contributed by atoms with van der Waals surface area (Å²) in [6.45, 7) is 8.69. The van der Waals surface area contributed by atoms with Gasteiger partial charge in [-0.2, -0.15) is 0 Å². The van der Waals surface area contributed by atoms with Gasteiger partial charge in [0.05, 0.1) is 12.3 Å². The topological polar surface area (TPSA) is 93.6 Å². The molecule has 0 saturated heterocycles. The lowest BCUT2D eigenvalue weighted by Gasteiger charge is -2.12. The van der Waals surface area contributed by atoms with Crippen molar-refractivity contribution in [1.29, 1.82) is 0 Å². The van der Waals surface area contributed by atoms with E-state index < -0.39 is 0 Å². The zero-order valence-electron chi connectivity index (χ0n) is 15.3. The molecule has 140 valence electrons. The van der Waals surface area contributed by atoms with Gasteiger partial charge in [0.2, 0.25) is 5.91 Å². The molecule has 0 bridgehead atoms. The van der Waals surface area contributed by atoms with Gasteiger partial charge in [-0.3, -0.25) is 4.79 Å². The minimum Gasteiger partial charge on any atom is -0.506 e. The number of carbonyl (C=O) groups excluding carboxylic acids is 1. The van der Waals surface area contributed by atoms with Crippen molar-refractivity contribution >= 4 is 11.6 Å². The molecule has 1 heterocycles. The molecule has 5 N–H and O–H groups in total. The van der Waals surface area contributed by atoms with E-state index in [0.29, 0.717) is 12.1 Å². The van der Waals surface area contributed by atoms with Crippen LogP contribution in [0.3, 0.4) is 0 Å². The van der Waals surface area contributed by atoms with E-state index in [1.54, 1.807) is 12.1 Å². The quantitative estimate of drug-likeness (QED) is 0.365. The number of carbonyl (C=O) groups is 1. The van der Waals surface area contributed by atoms with E-state index in [2.05, 4.69) is 29.8 Å². The Bertz CT molecular complexity index is 551. The summed E-state index contributed by atoms with van der Waals surface area (Å²) in [7, 11) is 0. The smallest absolute Gasteiger partial charge is 0.248 e. The van der Waals surface area contributed by atoms with Crippen molar-refractivity contribution in [2.75, 3.05) is 31.5 Å². The molecule has 1 aromatic carbocycles. The average Bonchev–Trinajstić information content (AvgIpc) is 2.81. The molecule has 6 heteroatoms. The van der Waals surface area contributed by atoms with E-state index in [1.807, 2.05) is 0 Å². The van der Waals surface area contributed by atoms with E-state index in [9.17, 15) is 9.90 Å². The van der Waals surface area contributed by atoms with Crippen LogP contribution < -0.4 is 16.0 Å². The number of hydrogen-bond donors (Lipinski definition) is 5. The molecule has 0 spiro atoms. The molecule has 1 aliphatic heterocycles. The third-order valence-electron chi connectivity index (χ3n) is 3.83. The molecule has 0 unspecified atom stereocenters. The minimum atomic E-state index is -0.265. The number of likely N-dealkylation sites (N-methyl/N-ethyl adjacent to an activating group) is 1. The first-order valence-electron chi connectivity index (χ1n) is 8.97. The zero-order chi connectivity index (χ0) is 18.5. The van der Waals surface area contributed by atoms with Crippen molar-refractivity contribution in [3.8, 4) is 5.75 Å². The van der Waals surface area contributed by atoms with Crippen molar-refractivity contribution < 1.29 is 15.0 Å². The van der Waals surface area contributed by atoms with Crippen LogP contribution in [0.5, 0.6) is 5.75 Å². The van der Waals surface area contributed by atoms with E-state index in [-0.39, 0.29) is 18.3 Å². The molecular formula is C19H31N3O3. The number of phenolic OH excluding ortho intramolecular Hbond substituents is 1. The predicted molar refractivity (Wildman–Crippen MR) is 102 cm³/mol. The first-order chi connectivity index (χ1) is 12.1. The molecule has 6 nitrogen and oxygen atoms in total. The third kappa shape index (κ3) is 7.69. The van der Waals surface area contributed by atoms with Crippen LogP contribution in [0.25, 0.3) is 0 Å². The summed E-state index contributed by atoms with van der Waals surface area (Å²) in [5, 5.41) is 27.9. The minimum absolute atomic E-state index is 0.0271. The van der Waals surface area contributed by atoms with E-state index >= 15 is 0 Å². The number of hydrogen-bond acceptors (Lipinski definition) is 5. The SMILES string of the molecule is CCCCNCCNCC.O=C1C=CCc2c(CO)ccc(O)c2N1. The number of fused-ring (bicyclic) bond motifs is 1. The highest BCUT2D eigenvalue weighted by molar-refractivity contribution is 6.01. The standard InChI is InChI=1S/C11H11NO3.C8H20N2/c13-6-7-4-5-9(14)11-8(7)2-1-3-10(15)12-11;1-3-5-6-10-8-7-9-4-2/h1,3-5,13-14H,2,6H2,(H,12,15);9-10H,3-8H2,1-2H3. The summed E-state index contributed by atoms with van der Waals surface area (Å²) in [4.78, 5) is 11.2. The van der Waals surface area contributed by atoms with Crippen LogP contribution in [0.15, 0.2) is 24.3 Å². The van der Waals surface area contributed by atoms with Gasteiger partial charge >= 0.3 is 0 Å². The second-order valence-corrected chi connectivity index (χ2v) is 5.81.